The van der Waals surface area contributed by atoms with Crippen LogP contribution in [0.4, 0.5) is 4.79 Å². The molecule has 176 valence electrons. The minimum atomic E-state index is -2.98. The molecule has 4 aliphatic rings. The fraction of sp³-hybridized carbons (Fsp3) is 0.913. The van der Waals surface area contributed by atoms with Crippen LogP contribution in [0.2, 0.25) is 0 Å². The first-order chi connectivity index (χ1) is 14.7. The van der Waals surface area contributed by atoms with E-state index in [9.17, 15) is 18.0 Å². The zero-order chi connectivity index (χ0) is 22.3. The molecule has 31 heavy (non-hydrogen) atoms. The molecule has 3 aliphatic carbocycles. The van der Waals surface area contributed by atoms with Gasteiger partial charge in [-0.15, -0.1) is 0 Å². The molecular weight excluding hydrogens is 416 g/mol. The third-order valence-corrected chi connectivity index (χ3v) is 10.9. The van der Waals surface area contributed by atoms with Gasteiger partial charge in [0.25, 0.3) is 0 Å². The Bertz CT molecular complexity index is 796. The number of fused-ring (bicyclic) bond motifs is 1. The molecule has 0 spiro atoms. The van der Waals surface area contributed by atoms with E-state index in [0.717, 1.165) is 57.8 Å². The lowest BCUT2D eigenvalue weighted by Gasteiger charge is -2.54. The van der Waals surface area contributed by atoms with Gasteiger partial charge in [-0.3, -0.25) is 4.79 Å². The molecule has 1 aliphatic heterocycles. The van der Waals surface area contributed by atoms with Gasteiger partial charge in [0, 0.05) is 19.5 Å². The van der Waals surface area contributed by atoms with Crippen molar-refractivity contribution < 1.29 is 22.7 Å². The second-order valence-electron chi connectivity index (χ2n) is 10.2. The van der Waals surface area contributed by atoms with E-state index in [1.54, 1.807) is 6.92 Å². The van der Waals surface area contributed by atoms with Gasteiger partial charge >= 0.3 is 6.09 Å². The van der Waals surface area contributed by atoms with Crippen molar-refractivity contribution in [1.82, 2.24) is 9.80 Å². The Morgan fingerprint density at radius 1 is 0.935 bits per heavy atom. The van der Waals surface area contributed by atoms with Crippen LogP contribution in [0.1, 0.15) is 78.6 Å². The number of sulfone groups is 1. The maximum absolute atomic E-state index is 12.9. The molecule has 1 heterocycles. The summed E-state index contributed by atoms with van der Waals surface area (Å²) < 4.78 is 31.1. The minimum Gasteiger partial charge on any atom is -0.450 e. The molecule has 1 saturated heterocycles. The Kier molecular flexibility index (Phi) is 6.57. The SMILES string of the molecule is CCOC(=O)N1C[C@H](C)N(C(C)=O)C2CCC(C3CCCC(S(=O)(=O)C4CC4)C3)CC21. The first-order valence-electron chi connectivity index (χ1n) is 12.2. The lowest BCUT2D eigenvalue weighted by Crippen LogP contribution is -2.67. The van der Waals surface area contributed by atoms with Crippen molar-refractivity contribution in [1.29, 1.82) is 0 Å². The molecule has 0 aromatic heterocycles. The van der Waals surface area contributed by atoms with E-state index in [2.05, 4.69) is 0 Å². The van der Waals surface area contributed by atoms with Gasteiger partial charge in [-0.05, 0) is 70.6 Å². The molecule has 7 nitrogen and oxygen atoms in total. The van der Waals surface area contributed by atoms with Gasteiger partial charge in [-0.2, -0.15) is 0 Å². The molecule has 4 rings (SSSR count). The van der Waals surface area contributed by atoms with Crippen molar-refractivity contribution in [3.63, 3.8) is 0 Å². The summed E-state index contributed by atoms with van der Waals surface area (Å²) in [6, 6.07) is -0.0442. The standard InChI is InChI=1S/C23H38N2O5S/c1-4-30-23(27)24-14-15(2)25(16(3)26)21-11-8-18(13-22(21)24)17-6-5-7-20(12-17)31(28,29)19-9-10-19/h15,17-22H,4-14H2,1-3H3/t15-,17?,18?,20?,21?,22?/m0/s1. The Labute approximate surface area is 186 Å². The first kappa shape index (κ1) is 22.9. The predicted molar refractivity (Wildman–Crippen MR) is 118 cm³/mol. The highest BCUT2D eigenvalue weighted by Crippen LogP contribution is 2.45. The van der Waals surface area contributed by atoms with E-state index >= 15 is 0 Å². The smallest absolute Gasteiger partial charge is 0.410 e. The van der Waals surface area contributed by atoms with Crippen molar-refractivity contribution in [3.8, 4) is 0 Å². The Hall–Kier alpha value is -1.31. The molecule has 0 radical (unpaired) electrons. The number of hydrogen-bond acceptors (Lipinski definition) is 5. The van der Waals surface area contributed by atoms with Crippen LogP contribution in [-0.2, 0) is 19.4 Å². The molecule has 2 amide bonds. The fourth-order valence-electron chi connectivity index (χ4n) is 6.62. The molecule has 3 saturated carbocycles. The highest BCUT2D eigenvalue weighted by atomic mass is 32.2. The molecule has 0 aromatic rings. The average Bonchev–Trinajstić information content (AvgIpc) is 3.59. The van der Waals surface area contributed by atoms with Crippen LogP contribution < -0.4 is 0 Å². The number of nitrogens with zero attached hydrogens (tertiary/aromatic N) is 2. The van der Waals surface area contributed by atoms with Crippen LogP contribution in [0.5, 0.6) is 0 Å². The summed E-state index contributed by atoms with van der Waals surface area (Å²) in [4.78, 5) is 29.0. The topological polar surface area (TPSA) is 84.0 Å². The third kappa shape index (κ3) is 4.46. The maximum atomic E-state index is 12.9. The molecule has 5 unspecified atom stereocenters. The summed E-state index contributed by atoms with van der Waals surface area (Å²) in [5.74, 6) is 0.859. The minimum absolute atomic E-state index is 0.0245. The lowest BCUT2D eigenvalue weighted by atomic mass is 9.69. The molecule has 4 fully saturated rings. The quantitative estimate of drug-likeness (QED) is 0.650. The second-order valence-corrected chi connectivity index (χ2v) is 12.7. The molecule has 8 heteroatoms. The van der Waals surface area contributed by atoms with E-state index < -0.39 is 9.84 Å². The van der Waals surface area contributed by atoms with Crippen molar-refractivity contribution in [2.45, 2.75) is 107 Å². The number of rotatable bonds is 4. The van der Waals surface area contributed by atoms with Gasteiger partial charge < -0.3 is 14.5 Å². The van der Waals surface area contributed by atoms with Crippen LogP contribution in [0.15, 0.2) is 0 Å². The second kappa shape index (κ2) is 8.91. The van der Waals surface area contributed by atoms with Crippen molar-refractivity contribution >= 4 is 21.8 Å². The van der Waals surface area contributed by atoms with Crippen LogP contribution in [0.3, 0.4) is 0 Å². The normalized spacial score (nSPS) is 36.6. The lowest BCUT2D eigenvalue weighted by molar-refractivity contribution is -0.142. The molecule has 0 aromatic carbocycles. The van der Waals surface area contributed by atoms with Gasteiger partial charge in [0.15, 0.2) is 9.84 Å². The highest BCUT2D eigenvalue weighted by Gasteiger charge is 2.49. The number of amides is 2. The molecular formula is C23H38N2O5S. The van der Waals surface area contributed by atoms with Gasteiger partial charge in [-0.25, -0.2) is 13.2 Å². The molecule has 6 atom stereocenters. The average molecular weight is 455 g/mol. The number of carbonyl (C=O) groups excluding carboxylic acids is 2. The van der Waals surface area contributed by atoms with E-state index in [-0.39, 0.29) is 40.6 Å². The molecule has 0 bridgehead atoms. The van der Waals surface area contributed by atoms with Gasteiger partial charge in [0.1, 0.15) is 0 Å². The number of ether oxygens (including phenoxy) is 1. The van der Waals surface area contributed by atoms with E-state index in [1.807, 2.05) is 23.6 Å². The largest absolute Gasteiger partial charge is 0.450 e. The zero-order valence-corrected chi connectivity index (χ0v) is 20.0. The van der Waals surface area contributed by atoms with Gasteiger partial charge in [-0.1, -0.05) is 12.8 Å². The van der Waals surface area contributed by atoms with Crippen molar-refractivity contribution in [2.24, 2.45) is 11.8 Å². The van der Waals surface area contributed by atoms with Crippen LogP contribution in [0.25, 0.3) is 0 Å². The summed E-state index contributed by atoms with van der Waals surface area (Å²) in [6.45, 7) is 6.27. The summed E-state index contributed by atoms with van der Waals surface area (Å²) in [7, 11) is -2.98. The van der Waals surface area contributed by atoms with Gasteiger partial charge in [0.05, 0.1) is 29.2 Å². The van der Waals surface area contributed by atoms with E-state index in [1.165, 1.54) is 0 Å². The first-order valence-corrected chi connectivity index (χ1v) is 13.8. The van der Waals surface area contributed by atoms with Gasteiger partial charge in [0.2, 0.25) is 5.91 Å². The fourth-order valence-corrected chi connectivity index (χ4v) is 8.97. The monoisotopic (exact) mass is 454 g/mol. The van der Waals surface area contributed by atoms with Crippen molar-refractivity contribution in [3.05, 3.63) is 0 Å². The molecule has 0 N–H and O–H groups in total. The number of carbonyl (C=O) groups is 2. The van der Waals surface area contributed by atoms with Crippen LogP contribution in [0, 0.1) is 11.8 Å². The Morgan fingerprint density at radius 2 is 1.65 bits per heavy atom. The summed E-state index contributed by atoms with van der Waals surface area (Å²) >= 11 is 0. The maximum Gasteiger partial charge on any atom is 0.410 e. The zero-order valence-electron chi connectivity index (χ0n) is 19.2. The van der Waals surface area contributed by atoms with E-state index in [0.29, 0.717) is 25.0 Å². The number of piperazine rings is 1. The highest BCUT2D eigenvalue weighted by molar-refractivity contribution is 7.92. The van der Waals surface area contributed by atoms with Crippen LogP contribution >= 0.6 is 0 Å². The summed E-state index contributed by atoms with van der Waals surface area (Å²) in [5.41, 5.74) is 0. The van der Waals surface area contributed by atoms with Crippen LogP contribution in [-0.4, -0.2) is 72.0 Å². The Balaban J connectivity index is 1.51. The van der Waals surface area contributed by atoms with Crippen molar-refractivity contribution in [2.75, 3.05) is 13.2 Å². The number of hydrogen-bond donors (Lipinski definition) is 0. The summed E-state index contributed by atoms with van der Waals surface area (Å²) in [6.07, 6.45) is 7.71. The summed E-state index contributed by atoms with van der Waals surface area (Å²) in [5, 5.41) is -0.270. The predicted octanol–water partition coefficient (Wildman–Crippen LogP) is 3.37. The van der Waals surface area contributed by atoms with E-state index in [4.69, 9.17) is 4.74 Å². The Morgan fingerprint density at radius 3 is 2.29 bits per heavy atom. The third-order valence-electron chi connectivity index (χ3n) is 8.17.